The highest BCUT2D eigenvalue weighted by molar-refractivity contribution is 7.07. The standard InChI is InChI=1S/C16H16FN3O2S/c1-10-15(23-19-18-10)16(22)20-8-2-3-13(20)9-14(21)11-4-6-12(17)7-5-11/h4-7,13H,2-3,8-9H2,1H3. The summed E-state index contributed by atoms with van der Waals surface area (Å²) in [5, 5.41) is 3.87. The van der Waals surface area contributed by atoms with Crippen molar-refractivity contribution in [1.82, 2.24) is 14.5 Å². The predicted octanol–water partition coefficient (Wildman–Crippen LogP) is 2.86. The van der Waals surface area contributed by atoms with Crippen molar-refractivity contribution in [3.63, 3.8) is 0 Å². The third-order valence-corrected chi connectivity index (χ3v) is 4.89. The van der Waals surface area contributed by atoms with Crippen molar-refractivity contribution in [1.29, 1.82) is 0 Å². The lowest BCUT2D eigenvalue weighted by atomic mass is 10.0. The summed E-state index contributed by atoms with van der Waals surface area (Å²) in [5.41, 5.74) is 1.09. The number of Topliss-reactive ketones (excluding diaryl/α,β-unsaturated/α-hetero) is 1. The molecule has 0 N–H and O–H groups in total. The summed E-state index contributed by atoms with van der Waals surface area (Å²) in [5.74, 6) is -0.548. The maximum Gasteiger partial charge on any atom is 0.267 e. The molecule has 1 aromatic heterocycles. The van der Waals surface area contributed by atoms with Gasteiger partial charge in [-0.15, -0.1) is 5.10 Å². The van der Waals surface area contributed by atoms with Gasteiger partial charge in [-0.2, -0.15) is 0 Å². The van der Waals surface area contributed by atoms with Gasteiger partial charge in [0.2, 0.25) is 0 Å². The van der Waals surface area contributed by atoms with E-state index >= 15 is 0 Å². The summed E-state index contributed by atoms with van der Waals surface area (Å²) in [6, 6.07) is 5.39. The van der Waals surface area contributed by atoms with Crippen LogP contribution >= 0.6 is 11.5 Å². The van der Waals surface area contributed by atoms with Gasteiger partial charge in [0.1, 0.15) is 10.7 Å². The van der Waals surface area contributed by atoms with Crippen LogP contribution in [0.15, 0.2) is 24.3 Å². The van der Waals surface area contributed by atoms with E-state index in [1.807, 2.05) is 0 Å². The van der Waals surface area contributed by atoms with Gasteiger partial charge < -0.3 is 4.90 Å². The zero-order chi connectivity index (χ0) is 16.4. The minimum Gasteiger partial charge on any atom is -0.334 e. The number of aryl methyl sites for hydroxylation is 1. The molecule has 1 aromatic carbocycles. The van der Waals surface area contributed by atoms with Crippen molar-refractivity contribution in [3.8, 4) is 0 Å². The van der Waals surface area contributed by atoms with Crippen LogP contribution in [0.2, 0.25) is 0 Å². The van der Waals surface area contributed by atoms with E-state index in [0.29, 0.717) is 22.7 Å². The second-order valence-corrected chi connectivity index (χ2v) is 6.37. The maximum absolute atomic E-state index is 12.9. The molecule has 1 unspecified atom stereocenters. The van der Waals surface area contributed by atoms with Crippen LogP contribution in [0.4, 0.5) is 4.39 Å². The van der Waals surface area contributed by atoms with Gasteiger partial charge in [-0.25, -0.2) is 4.39 Å². The average molecular weight is 333 g/mol. The first-order valence-corrected chi connectivity index (χ1v) is 8.22. The van der Waals surface area contributed by atoms with Crippen molar-refractivity contribution in [2.75, 3.05) is 6.54 Å². The predicted molar refractivity (Wildman–Crippen MR) is 84.1 cm³/mol. The van der Waals surface area contributed by atoms with Gasteiger partial charge in [-0.3, -0.25) is 9.59 Å². The molecule has 7 heteroatoms. The number of nitrogens with zero attached hydrogens (tertiary/aromatic N) is 3. The monoisotopic (exact) mass is 333 g/mol. The lowest BCUT2D eigenvalue weighted by Gasteiger charge is -2.23. The van der Waals surface area contributed by atoms with Gasteiger partial charge >= 0.3 is 0 Å². The summed E-state index contributed by atoms with van der Waals surface area (Å²) in [6.07, 6.45) is 1.92. The Kier molecular flexibility index (Phi) is 4.47. The average Bonchev–Trinajstić information content (AvgIpc) is 3.16. The first-order chi connectivity index (χ1) is 11.1. The van der Waals surface area contributed by atoms with E-state index in [4.69, 9.17) is 0 Å². The van der Waals surface area contributed by atoms with Gasteiger partial charge in [-0.1, -0.05) is 4.49 Å². The molecule has 0 aliphatic carbocycles. The van der Waals surface area contributed by atoms with E-state index in [-0.39, 0.29) is 30.0 Å². The maximum atomic E-state index is 12.9. The van der Waals surface area contributed by atoms with E-state index in [1.54, 1.807) is 11.8 Å². The Hall–Kier alpha value is -2.15. The fourth-order valence-corrected chi connectivity index (χ4v) is 3.45. The minimum atomic E-state index is -0.368. The number of carbonyl (C=O) groups excluding carboxylic acids is 2. The van der Waals surface area contributed by atoms with Gasteiger partial charge in [0, 0.05) is 24.6 Å². The molecule has 1 aliphatic rings. The molecular formula is C16H16FN3O2S. The van der Waals surface area contributed by atoms with Crippen LogP contribution in [0.1, 0.15) is 45.0 Å². The fraction of sp³-hybridized carbons (Fsp3) is 0.375. The van der Waals surface area contributed by atoms with E-state index in [0.717, 1.165) is 24.4 Å². The van der Waals surface area contributed by atoms with E-state index < -0.39 is 0 Å². The quantitative estimate of drug-likeness (QED) is 0.807. The van der Waals surface area contributed by atoms with Crippen LogP contribution in [-0.2, 0) is 0 Å². The summed E-state index contributed by atoms with van der Waals surface area (Å²) in [4.78, 5) is 27.2. The van der Waals surface area contributed by atoms with Gasteiger partial charge in [0.05, 0.1) is 5.69 Å². The van der Waals surface area contributed by atoms with Gasteiger partial charge in [0.25, 0.3) is 5.91 Å². The van der Waals surface area contributed by atoms with E-state index in [9.17, 15) is 14.0 Å². The number of hydrogen-bond donors (Lipinski definition) is 0. The largest absolute Gasteiger partial charge is 0.334 e. The van der Waals surface area contributed by atoms with Gasteiger partial charge in [-0.05, 0) is 55.6 Å². The topological polar surface area (TPSA) is 63.2 Å². The highest BCUT2D eigenvalue weighted by atomic mass is 32.1. The molecular weight excluding hydrogens is 317 g/mol. The third kappa shape index (κ3) is 3.29. The Balaban J connectivity index is 1.72. The van der Waals surface area contributed by atoms with Crippen LogP contribution in [0.3, 0.4) is 0 Å². The first-order valence-electron chi connectivity index (χ1n) is 7.45. The molecule has 23 heavy (non-hydrogen) atoms. The molecule has 1 atom stereocenters. The fourth-order valence-electron chi connectivity index (χ4n) is 2.84. The number of aromatic nitrogens is 2. The molecule has 2 aromatic rings. The number of halogens is 1. The zero-order valence-corrected chi connectivity index (χ0v) is 13.5. The number of rotatable bonds is 4. The Morgan fingerprint density at radius 2 is 2.09 bits per heavy atom. The third-order valence-electron chi connectivity index (χ3n) is 4.07. The molecule has 0 radical (unpaired) electrons. The van der Waals surface area contributed by atoms with E-state index in [1.165, 1.54) is 24.3 Å². The van der Waals surface area contributed by atoms with Crippen molar-refractivity contribution in [2.45, 2.75) is 32.2 Å². The molecule has 5 nitrogen and oxygen atoms in total. The number of hydrogen-bond acceptors (Lipinski definition) is 5. The number of benzene rings is 1. The minimum absolute atomic E-state index is 0.0751. The molecule has 1 aliphatic heterocycles. The Labute approximate surface area is 137 Å². The molecule has 1 fully saturated rings. The van der Waals surface area contributed by atoms with Crippen LogP contribution in [0, 0.1) is 12.7 Å². The SMILES string of the molecule is Cc1nnsc1C(=O)N1CCCC1CC(=O)c1ccc(F)cc1. The zero-order valence-electron chi connectivity index (χ0n) is 12.7. The molecule has 3 rings (SSSR count). The number of carbonyl (C=O) groups is 2. The highest BCUT2D eigenvalue weighted by Gasteiger charge is 2.32. The number of ketones is 1. The molecule has 0 spiro atoms. The highest BCUT2D eigenvalue weighted by Crippen LogP contribution is 2.25. The van der Waals surface area contributed by atoms with Gasteiger partial charge in [0.15, 0.2) is 5.78 Å². The molecule has 1 amide bonds. The second-order valence-electron chi connectivity index (χ2n) is 5.62. The summed E-state index contributed by atoms with van der Waals surface area (Å²) >= 11 is 1.08. The second kappa shape index (κ2) is 6.54. The van der Waals surface area contributed by atoms with Crippen molar-refractivity contribution >= 4 is 23.2 Å². The Morgan fingerprint density at radius 3 is 2.74 bits per heavy atom. The van der Waals surface area contributed by atoms with Crippen molar-refractivity contribution in [3.05, 3.63) is 46.2 Å². The van der Waals surface area contributed by atoms with Crippen LogP contribution in [-0.4, -0.2) is 38.8 Å². The Bertz CT molecular complexity index is 729. The smallest absolute Gasteiger partial charge is 0.267 e. The van der Waals surface area contributed by atoms with Crippen LogP contribution in [0.25, 0.3) is 0 Å². The summed E-state index contributed by atoms with van der Waals surface area (Å²) < 4.78 is 16.7. The van der Waals surface area contributed by atoms with E-state index in [2.05, 4.69) is 9.59 Å². The van der Waals surface area contributed by atoms with Crippen molar-refractivity contribution in [2.24, 2.45) is 0 Å². The summed E-state index contributed by atoms with van der Waals surface area (Å²) in [7, 11) is 0. The van der Waals surface area contributed by atoms with Crippen molar-refractivity contribution < 1.29 is 14.0 Å². The molecule has 0 bridgehead atoms. The molecule has 120 valence electrons. The van der Waals surface area contributed by atoms with Crippen LogP contribution in [0.5, 0.6) is 0 Å². The Morgan fingerprint density at radius 1 is 1.35 bits per heavy atom. The lowest BCUT2D eigenvalue weighted by molar-refractivity contribution is 0.0721. The lowest BCUT2D eigenvalue weighted by Crippen LogP contribution is -2.36. The first kappa shape index (κ1) is 15.7. The molecule has 1 saturated heterocycles. The number of amides is 1. The number of likely N-dealkylation sites (tertiary alicyclic amines) is 1. The molecule has 2 heterocycles. The molecule has 0 saturated carbocycles. The normalized spacial score (nSPS) is 17.5. The summed E-state index contributed by atoms with van der Waals surface area (Å²) in [6.45, 7) is 2.39. The van der Waals surface area contributed by atoms with Crippen LogP contribution < -0.4 is 0 Å².